The van der Waals surface area contributed by atoms with Crippen molar-refractivity contribution >= 4 is 10.9 Å². The Bertz CT molecular complexity index is 522. The van der Waals surface area contributed by atoms with Gasteiger partial charge in [0, 0.05) is 12.4 Å². The van der Waals surface area contributed by atoms with Gasteiger partial charge in [0.25, 0.3) is 0 Å². The molecule has 0 saturated carbocycles. The van der Waals surface area contributed by atoms with Crippen molar-refractivity contribution in [2.24, 2.45) is 7.05 Å². The molecular weight excluding hydrogens is 178 g/mol. The van der Waals surface area contributed by atoms with Gasteiger partial charge >= 0.3 is 0 Å². The zero-order valence-corrected chi connectivity index (χ0v) is 7.98. The van der Waals surface area contributed by atoms with Crippen LogP contribution in [0.15, 0.2) is 18.2 Å². The van der Waals surface area contributed by atoms with E-state index in [-0.39, 0.29) is 0 Å². The number of hydrogen-bond donors (Lipinski definition) is 0. The van der Waals surface area contributed by atoms with Crippen LogP contribution in [0.25, 0.3) is 10.9 Å². The van der Waals surface area contributed by atoms with E-state index in [1.807, 2.05) is 25.2 Å². The summed E-state index contributed by atoms with van der Waals surface area (Å²) in [5.41, 5.74) is 1.36. The molecule has 0 saturated heterocycles. The van der Waals surface area contributed by atoms with Gasteiger partial charge in [0.1, 0.15) is 11.8 Å². The van der Waals surface area contributed by atoms with E-state index in [0.29, 0.717) is 5.69 Å². The normalized spacial score (nSPS) is 10.1. The van der Waals surface area contributed by atoms with Crippen molar-refractivity contribution in [1.29, 1.82) is 5.26 Å². The number of nitriles is 1. The fourth-order valence-electron chi connectivity index (χ4n) is 1.45. The van der Waals surface area contributed by atoms with Crippen LogP contribution in [0, 0.1) is 11.3 Å². The molecule has 0 bridgehead atoms. The van der Waals surface area contributed by atoms with Crippen LogP contribution in [0.1, 0.15) is 5.69 Å². The van der Waals surface area contributed by atoms with E-state index in [1.54, 1.807) is 11.8 Å². The number of hydrogen-bond acceptors (Lipinski definition) is 3. The minimum atomic E-state index is 0.432. The Balaban J connectivity index is 2.79. The van der Waals surface area contributed by atoms with Crippen molar-refractivity contribution in [3.05, 3.63) is 23.9 Å². The Hall–Kier alpha value is -2.02. The van der Waals surface area contributed by atoms with Gasteiger partial charge in [0.05, 0.1) is 12.6 Å². The van der Waals surface area contributed by atoms with E-state index in [9.17, 15) is 0 Å². The summed E-state index contributed by atoms with van der Waals surface area (Å²) >= 11 is 0. The van der Waals surface area contributed by atoms with Crippen molar-refractivity contribution in [2.75, 3.05) is 7.11 Å². The highest BCUT2D eigenvalue weighted by Crippen LogP contribution is 2.22. The largest absolute Gasteiger partial charge is 0.497 e. The summed E-state index contributed by atoms with van der Waals surface area (Å²) in [7, 11) is 3.42. The van der Waals surface area contributed by atoms with Gasteiger partial charge in [-0.1, -0.05) is 0 Å². The van der Waals surface area contributed by atoms with Crippen LogP contribution in [0.2, 0.25) is 0 Å². The Morgan fingerprint density at radius 3 is 2.93 bits per heavy atom. The highest BCUT2D eigenvalue weighted by molar-refractivity contribution is 5.85. The van der Waals surface area contributed by atoms with Gasteiger partial charge in [0.2, 0.25) is 0 Å². The molecule has 0 spiro atoms. The summed E-state index contributed by atoms with van der Waals surface area (Å²) in [5.74, 6) is 0.738. The number of aromatic nitrogens is 2. The maximum absolute atomic E-state index is 8.85. The Morgan fingerprint density at radius 2 is 2.29 bits per heavy atom. The molecule has 1 heterocycles. The second-order valence-corrected chi connectivity index (χ2v) is 2.97. The first-order valence-electron chi connectivity index (χ1n) is 4.17. The summed E-state index contributed by atoms with van der Waals surface area (Å²) in [4.78, 5) is 0. The third-order valence-corrected chi connectivity index (χ3v) is 2.16. The quantitative estimate of drug-likeness (QED) is 0.679. The van der Waals surface area contributed by atoms with Crippen LogP contribution < -0.4 is 4.74 Å². The molecule has 0 aliphatic rings. The summed E-state index contributed by atoms with van der Waals surface area (Å²) in [6.07, 6.45) is 0. The second kappa shape index (κ2) is 3.04. The molecule has 4 heteroatoms. The standard InChI is InChI=1S/C10H9N3O/c1-13-10-4-3-7(14-2)5-8(10)9(6-11)12-13/h3-5H,1-2H3. The van der Waals surface area contributed by atoms with Crippen LogP contribution in [-0.4, -0.2) is 16.9 Å². The van der Waals surface area contributed by atoms with Gasteiger partial charge in [-0.25, -0.2) is 0 Å². The fourth-order valence-corrected chi connectivity index (χ4v) is 1.45. The van der Waals surface area contributed by atoms with Gasteiger partial charge in [-0.3, -0.25) is 4.68 Å². The molecule has 0 aliphatic carbocycles. The van der Waals surface area contributed by atoms with Crippen LogP contribution in [0.5, 0.6) is 5.75 Å². The van der Waals surface area contributed by atoms with Crippen LogP contribution in [-0.2, 0) is 7.05 Å². The lowest BCUT2D eigenvalue weighted by Crippen LogP contribution is -1.89. The molecule has 2 aromatic rings. The molecule has 70 valence electrons. The average molecular weight is 187 g/mol. The molecule has 0 amide bonds. The lowest BCUT2D eigenvalue weighted by Gasteiger charge is -1.98. The number of aryl methyl sites for hydroxylation is 1. The van der Waals surface area contributed by atoms with Crippen molar-refractivity contribution < 1.29 is 4.74 Å². The van der Waals surface area contributed by atoms with Crippen molar-refractivity contribution in [3.8, 4) is 11.8 Å². The van der Waals surface area contributed by atoms with E-state index >= 15 is 0 Å². The maximum atomic E-state index is 8.85. The number of benzene rings is 1. The molecule has 2 rings (SSSR count). The topological polar surface area (TPSA) is 50.8 Å². The highest BCUT2D eigenvalue weighted by atomic mass is 16.5. The highest BCUT2D eigenvalue weighted by Gasteiger charge is 2.08. The Kier molecular flexibility index (Phi) is 1.86. The lowest BCUT2D eigenvalue weighted by molar-refractivity contribution is 0.415. The zero-order valence-electron chi connectivity index (χ0n) is 7.98. The summed E-state index contributed by atoms with van der Waals surface area (Å²) in [6.45, 7) is 0. The Labute approximate surface area is 81.3 Å². The lowest BCUT2D eigenvalue weighted by atomic mass is 10.2. The van der Waals surface area contributed by atoms with Crippen molar-refractivity contribution in [1.82, 2.24) is 9.78 Å². The first-order chi connectivity index (χ1) is 6.76. The first-order valence-corrected chi connectivity index (χ1v) is 4.17. The smallest absolute Gasteiger partial charge is 0.170 e. The molecule has 14 heavy (non-hydrogen) atoms. The minimum absolute atomic E-state index is 0.432. The number of nitrogens with zero attached hydrogens (tertiary/aromatic N) is 3. The molecule has 0 atom stereocenters. The average Bonchev–Trinajstić information content (AvgIpc) is 2.55. The number of methoxy groups -OCH3 is 1. The summed E-state index contributed by atoms with van der Waals surface area (Å²) in [5, 5.41) is 13.8. The van der Waals surface area contributed by atoms with E-state index in [2.05, 4.69) is 11.2 Å². The van der Waals surface area contributed by atoms with Gasteiger partial charge in [-0.2, -0.15) is 10.4 Å². The summed E-state index contributed by atoms with van der Waals surface area (Å²) in [6, 6.07) is 7.62. The van der Waals surface area contributed by atoms with E-state index < -0.39 is 0 Å². The second-order valence-electron chi connectivity index (χ2n) is 2.97. The van der Waals surface area contributed by atoms with E-state index in [1.165, 1.54) is 0 Å². The molecule has 1 aromatic heterocycles. The molecule has 1 aromatic carbocycles. The van der Waals surface area contributed by atoms with Crippen molar-refractivity contribution in [3.63, 3.8) is 0 Å². The molecule has 0 aliphatic heterocycles. The monoisotopic (exact) mass is 187 g/mol. The summed E-state index contributed by atoms with van der Waals surface area (Å²) < 4.78 is 6.77. The molecule has 0 fully saturated rings. The maximum Gasteiger partial charge on any atom is 0.170 e. The van der Waals surface area contributed by atoms with Crippen molar-refractivity contribution in [2.45, 2.75) is 0 Å². The molecule has 0 unspecified atom stereocenters. The number of ether oxygens (including phenoxy) is 1. The van der Waals surface area contributed by atoms with Crippen LogP contribution in [0.3, 0.4) is 0 Å². The van der Waals surface area contributed by atoms with Crippen LogP contribution in [0.4, 0.5) is 0 Å². The third-order valence-electron chi connectivity index (χ3n) is 2.16. The fraction of sp³-hybridized carbons (Fsp3) is 0.200. The van der Waals surface area contributed by atoms with Gasteiger partial charge < -0.3 is 4.74 Å². The molecule has 4 nitrogen and oxygen atoms in total. The van der Waals surface area contributed by atoms with E-state index in [0.717, 1.165) is 16.7 Å². The first kappa shape index (κ1) is 8.57. The molecular formula is C10H9N3O. The van der Waals surface area contributed by atoms with Gasteiger partial charge in [-0.05, 0) is 18.2 Å². The van der Waals surface area contributed by atoms with E-state index in [4.69, 9.17) is 10.00 Å². The molecule has 0 radical (unpaired) electrons. The predicted molar refractivity (Wildman–Crippen MR) is 52.0 cm³/mol. The number of fused-ring (bicyclic) bond motifs is 1. The minimum Gasteiger partial charge on any atom is -0.497 e. The van der Waals surface area contributed by atoms with Gasteiger partial charge in [-0.15, -0.1) is 0 Å². The predicted octanol–water partition coefficient (Wildman–Crippen LogP) is 1.45. The third kappa shape index (κ3) is 1.11. The van der Waals surface area contributed by atoms with Gasteiger partial charge in [0.15, 0.2) is 5.69 Å². The Morgan fingerprint density at radius 1 is 1.50 bits per heavy atom. The molecule has 0 N–H and O–H groups in total. The number of rotatable bonds is 1. The van der Waals surface area contributed by atoms with Crippen LogP contribution >= 0.6 is 0 Å². The SMILES string of the molecule is COc1ccc2c(c1)c(C#N)nn2C. The zero-order chi connectivity index (χ0) is 10.1.